The fourth-order valence-electron chi connectivity index (χ4n) is 3.27. The summed E-state index contributed by atoms with van der Waals surface area (Å²) in [6.45, 7) is 3.84. The van der Waals surface area contributed by atoms with Gasteiger partial charge in [0, 0.05) is 12.2 Å². The lowest BCUT2D eigenvalue weighted by molar-refractivity contribution is -0.141. The van der Waals surface area contributed by atoms with Crippen LogP contribution in [0, 0.1) is 5.92 Å². The SMILES string of the molecule is CCCS(=O)(=O)N1CCCCC1C(=O)Nc1ccc(CC(C)C(=O)O)cc1. The number of nitrogens with zero attached hydrogens (tertiary/aromatic N) is 1. The highest BCUT2D eigenvalue weighted by molar-refractivity contribution is 7.89. The number of benzene rings is 1. The molecule has 1 aliphatic rings. The molecule has 0 saturated carbocycles. The molecule has 8 heteroatoms. The van der Waals surface area contributed by atoms with Gasteiger partial charge in [-0.3, -0.25) is 9.59 Å². The highest BCUT2D eigenvalue weighted by atomic mass is 32.2. The number of amides is 1. The third-order valence-electron chi connectivity index (χ3n) is 4.76. The molecular weight excluding hydrogens is 368 g/mol. The van der Waals surface area contributed by atoms with Crippen molar-refractivity contribution in [1.82, 2.24) is 4.31 Å². The van der Waals surface area contributed by atoms with E-state index in [0.717, 1.165) is 18.4 Å². The molecule has 0 aromatic heterocycles. The standard InChI is InChI=1S/C19H28N2O5S/c1-3-12-27(25,26)21-11-5-4-6-17(21)18(22)20-16-9-7-15(8-10-16)13-14(2)19(23)24/h7-10,14,17H,3-6,11-13H2,1-2H3,(H,20,22)(H,23,24). The molecule has 1 aliphatic heterocycles. The highest BCUT2D eigenvalue weighted by Gasteiger charge is 2.36. The molecule has 0 spiro atoms. The summed E-state index contributed by atoms with van der Waals surface area (Å²) in [6.07, 6.45) is 3.03. The Kier molecular flexibility index (Phi) is 7.38. The van der Waals surface area contributed by atoms with Crippen molar-refractivity contribution in [2.24, 2.45) is 5.92 Å². The van der Waals surface area contributed by atoms with Crippen molar-refractivity contribution in [3.63, 3.8) is 0 Å². The summed E-state index contributed by atoms with van der Waals surface area (Å²) in [7, 11) is -3.43. The van der Waals surface area contributed by atoms with Gasteiger partial charge in [0.2, 0.25) is 15.9 Å². The molecule has 1 aromatic carbocycles. The first-order chi connectivity index (χ1) is 12.7. The van der Waals surface area contributed by atoms with Crippen molar-refractivity contribution in [3.05, 3.63) is 29.8 Å². The van der Waals surface area contributed by atoms with Crippen molar-refractivity contribution < 1.29 is 23.1 Å². The van der Waals surface area contributed by atoms with E-state index >= 15 is 0 Å². The van der Waals surface area contributed by atoms with Gasteiger partial charge in [0.05, 0.1) is 11.7 Å². The summed E-state index contributed by atoms with van der Waals surface area (Å²) in [4.78, 5) is 23.6. The lowest BCUT2D eigenvalue weighted by Crippen LogP contribution is -2.50. The topological polar surface area (TPSA) is 104 Å². The first-order valence-corrected chi connectivity index (χ1v) is 11.0. The number of rotatable bonds is 8. The number of piperidine rings is 1. The predicted molar refractivity (Wildman–Crippen MR) is 104 cm³/mol. The molecule has 1 fully saturated rings. The third-order valence-corrected chi connectivity index (χ3v) is 6.84. The monoisotopic (exact) mass is 396 g/mol. The summed E-state index contributed by atoms with van der Waals surface area (Å²) in [5.41, 5.74) is 1.44. The van der Waals surface area contributed by atoms with Gasteiger partial charge >= 0.3 is 5.97 Å². The summed E-state index contributed by atoms with van der Waals surface area (Å²) < 4.78 is 26.3. The molecule has 2 N–H and O–H groups in total. The van der Waals surface area contributed by atoms with Gasteiger partial charge in [0.15, 0.2) is 0 Å². The quantitative estimate of drug-likeness (QED) is 0.702. The van der Waals surface area contributed by atoms with Crippen LogP contribution in [0.5, 0.6) is 0 Å². The fourth-order valence-corrected chi connectivity index (χ4v) is 5.01. The Labute approximate surface area is 160 Å². The maximum atomic E-state index is 12.7. The van der Waals surface area contributed by atoms with E-state index in [2.05, 4.69) is 5.32 Å². The molecule has 2 atom stereocenters. The van der Waals surface area contributed by atoms with Gasteiger partial charge in [0.1, 0.15) is 6.04 Å². The molecule has 2 unspecified atom stereocenters. The first-order valence-electron chi connectivity index (χ1n) is 9.36. The third kappa shape index (κ3) is 5.77. The Morgan fingerprint density at radius 2 is 1.93 bits per heavy atom. The van der Waals surface area contributed by atoms with Crippen LogP contribution in [0.15, 0.2) is 24.3 Å². The van der Waals surface area contributed by atoms with Crippen molar-refractivity contribution in [2.45, 2.75) is 52.0 Å². The van der Waals surface area contributed by atoms with E-state index in [-0.39, 0.29) is 11.7 Å². The normalized spacial score (nSPS) is 19.4. The number of carbonyl (C=O) groups is 2. The van der Waals surface area contributed by atoms with E-state index in [9.17, 15) is 18.0 Å². The minimum absolute atomic E-state index is 0.0488. The van der Waals surface area contributed by atoms with Crippen molar-refractivity contribution in [2.75, 3.05) is 17.6 Å². The first kappa shape index (κ1) is 21.4. The van der Waals surface area contributed by atoms with E-state index in [0.29, 0.717) is 31.5 Å². The van der Waals surface area contributed by atoms with E-state index in [4.69, 9.17) is 5.11 Å². The maximum Gasteiger partial charge on any atom is 0.306 e. The number of hydrogen-bond donors (Lipinski definition) is 2. The zero-order chi connectivity index (χ0) is 20.0. The summed E-state index contributed by atoms with van der Waals surface area (Å²) in [5.74, 6) is -1.60. The van der Waals surface area contributed by atoms with E-state index < -0.39 is 28.0 Å². The number of anilines is 1. The Morgan fingerprint density at radius 3 is 2.52 bits per heavy atom. The van der Waals surface area contributed by atoms with Crippen LogP contribution in [0.25, 0.3) is 0 Å². The average Bonchev–Trinajstić information content (AvgIpc) is 2.63. The van der Waals surface area contributed by atoms with Gasteiger partial charge < -0.3 is 10.4 Å². The van der Waals surface area contributed by atoms with Gasteiger partial charge in [-0.2, -0.15) is 4.31 Å². The van der Waals surface area contributed by atoms with Crippen LogP contribution in [0.4, 0.5) is 5.69 Å². The van der Waals surface area contributed by atoms with Gasteiger partial charge in [0.25, 0.3) is 0 Å². The van der Waals surface area contributed by atoms with Gasteiger partial charge in [-0.05, 0) is 43.4 Å². The molecule has 0 radical (unpaired) electrons. The summed E-state index contributed by atoms with van der Waals surface area (Å²) >= 11 is 0. The van der Waals surface area contributed by atoms with Crippen LogP contribution >= 0.6 is 0 Å². The van der Waals surface area contributed by atoms with Crippen molar-refractivity contribution in [3.8, 4) is 0 Å². The van der Waals surface area contributed by atoms with Gasteiger partial charge in [-0.25, -0.2) is 8.42 Å². The van der Waals surface area contributed by atoms with E-state index in [1.54, 1.807) is 31.2 Å². The molecule has 150 valence electrons. The number of hydrogen-bond acceptors (Lipinski definition) is 4. The number of carbonyl (C=O) groups excluding carboxylic acids is 1. The molecule has 1 aromatic rings. The number of nitrogens with one attached hydrogen (secondary N) is 1. The van der Waals surface area contributed by atoms with Crippen LogP contribution in [-0.4, -0.2) is 48.0 Å². The fraction of sp³-hybridized carbons (Fsp3) is 0.579. The molecule has 1 saturated heterocycles. The van der Waals surface area contributed by atoms with E-state index in [1.807, 2.05) is 6.92 Å². The zero-order valence-electron chi connectivity index (χ0n) is 15.8. The molecule has 0 bridgehead atoms. The van der Waals surface area contributed by atoms with Crippen molar-refractivity contribution >= 4 is 27.6 Å². The largest absolute Gasteiger partial charge is 0.481 e. The number of carboxylic acid groups (broad SMARTS) is 1. The van der Waals surface area contributed by atoms with Crippen LogP contribution in [0.2, 0.25) is 0 Å². The molecule has 0 aliphatic carbocycles. The molecule has 1 heterocycles. The predicted octanol–water partition coefficient (Wildman–Crippen LogP) is 2.48. The van der Waals surface area contributed by atoms with Crippen LogP contribution < -0.4 is 5.32 Å². The Bertz CT molecular complexity index is 761. The maximum absolute atomic E-state index is 12.7. The number of carboxylic acids is 1. The Hall–Kier alpha value is -1.93. The Balaban J connectivity index is 2.05. The summed E-state index contributed by atoms with van der Waals surface area (Å²) in [5, 5.41) is 11.8. The number of aliphatic carboxylic acids is 1. The number of sulfonamides is 1. The molecule has 7 nitrogen and oxygen atoms in total. The molecule has 2 rings (SSSR count). The smallest absolute Gasteiger partial charge is 0.306 e. The second kappa shape index (κ2) is 9.32. The lowest BCUT2D eigenvalue weighted by Gasteiger charge is -2.33. The lowest BCUT2D eigenvalue weighted by atomic mass is 10.0. The van der Waals surface area contributed by atoms with Crippen LogP contribution in [0.1, 0.15) is 45.1 Å². The second-order valence-corrected chi connectivity index (χ2v) is 9.11. The van der Waals surface area contributed by atoms with Crippen LogP contribution in [0.3, 0.4) is 0 Å². The zero-order valence-corrected chi connectivity index (χ0v) is 16.7. The van der Waals surface area contributed by atoms with Crippen molar-refractivity contribution in [1.29, 1.82) is 0 Å². The average molecular weight is 397 g/mol. The van der Waals surface area contributed by atoms with Crippen LogP contribution in [-0.2, 0) is 26.0 Å². The molecule has 27 heavy (non-hydrogen) atoms. The molecular formula is C19H28N2O5S. The van der Waals surface area contributed by atoms with E-state index in [1.165, 1.54) is 4.31 Å². The highest BCUT2D eigenvalue weighted by Crippen LogP contribution is 2.23. The second-order valence-electron chi connectivity index (χ2n) is 7.07. The van der Waals surface area contributed by atoms with Gasteiger partial charge in [-0.1, -0.05) is 32.4 Å². The summed E-state index contributed by atoms with van der Waals surface area (Å²) in [6, 6.07) is 6.32. The van der Waals surface area contributed by atoms with Gasteiger partial charge in [-0.15, -0.1) is 0 Å². The minimum atomic E-state index is -3.43. The molecule has 1 amide bonds. The Morgan fingerprint density at radius 1 is 1.26 bits per heavy atom. The minimum Gasteiger partial charge on any atom is -0.481 e.